The summed E-state index contributed by atoms with van der Waals surface area (Å²) >= 11 is 0. The first-order valence-electron chi connectivity index (χ1n) is 11.1. The van der Waals surface area contributed by atoms with Crippen LogP contribution in [-0.4, -0.2) is 52.9 Å². The monoisotopic (exact) mass is 457 g/mol. The van der Waals surface area contributed by atoms with Crippen molar-refractivity contribution in [3.8, 4) is 17.2 Å². The molecule has 0 radical (unpaired) electrons. The lowest BCUT2D eigenvalue weighted by Crippen LogP contribution is -2.52. The average molecular weight is 458 g/mol. The molecule has 0 saturated carbocycles. The minimum atomic E-state index is -0.718. The number of hydrogen-bond acceptors (Lipinski definition) is 7. The van der Waals surface area contributed by atoms with Crippen LogP contribution in [0.5, 0.6) is 17.2 Å². The van der Waals surface area contributed by atoms with Gasteiger partial charge in [-0.05, 0) is 39.7 Å². The zero-order valence-corrected chi connectivity index (χ0v) is 19.5. The van der Waals surface area contributed by atoms with E-state index in [0.29, 0.717) is 34.8 Å². The van der Waals surface area contributed by atoms with Crippen LogP contribution in [0.25, 0.3) is 0 Å². The van der Waals surface area contributed by atoms with Gasteiger partial charge in [-0.25, -0.2) is 4.79 Å². The van der Waals surface area contributed by atoms with Crippen molar-refractivity contribution in [2.75, 3.05) is 20.0 Å². The quantitative estimate of drug-likeness (QED) is 0.704. The van der Waals surface area contributed by atoms with Gasteiger partial charge in [-0.3, -0.25) is 4.90 Å². The summed E-state index contributed by atoms with van der Waals surface area (Å²) < 4.78 is 23.1. The Bertz CT molecular complexity index is 1020. The number of aromatic hydroxyl groups is 1. The van der Waals surface area contributed by atoms with E-state index in [2.05, 4.69) is 0 Å². The van der Waals surface area contributed by atoms with Crippen LogP contribution in [-0.2, 0) is 22.5 Å². The smallest absolute Gasteiger partial charge is 0.411 e. The molecule has 2 aromatic carbocycles. The van der Waals surface area contributed by atoms with Gasteiger partial charge in [-0.1, -0.05) is 30.3 Å². The minimum absolute atomic E-state index is 0.0273. The highest BCUT2D eigenvalue weighted by Crippen LogP contribution is 2.52. The van der Waals surface area contributed by atoms with Gasteiger partial charge in [0.1, 0.15) is 11.4 Å². The summed E-state index contributed by atoms with van der Waals surface area (Å²) in [5.41, 5.74) is 2.11. The Labute approximate surface area is 193 Å². The maximum Gasteiger partial charge on any atom is 0.411 e. The van der Waals surface area contributed by atoms with Crippen molar-refractivity contribution in [2.45, 2.75) is 58.4 Å². The second-order valence-electron chi connectivity index (χ2n) is 9.38. The van der Waals surface area contributed by atoms with Crippen molar-refractivity contribution in [3.05, 3.63) is 52.6 Å². The van der Waals surface area contributed by atoms with Gasteiger partial charge in [0.2, 0.25) is 6.79 Å². The van der Waals surface area contributed by atoms with Crippen LogP contribution in [0.4, 0.5) is 4.79 Å². The van der Waals surface area contributed by atoms with Crippen LogP contribution in [0.2, 0.25) is 0 Å². The first-order valence-corrected chi connectivity index (χ1v) is 11.1. The third-order valence-electron chi connectivity index (χ3n) is 5.87. The topological polar surface area (TPSA) is 97.7 Å². The van der Waals surface area contributed by atoms with Crippen molar-refractivity contribution < 1.29 is 34.0 Å². The van der Waals surface area contributed by atoms with Gasteiger partial charge in [0, 0.05) is 16.7 Å². The van der Waals surface area contributed by atoms with Gasteiger partial charge in [-0.15, -0.1) is 0 Å². The van der Waals surface area contributed by atoms with E-state index in [0.717, 1.165) is 5.56 Å². The second-order valence-corrected chi connectivity index (χ2v) is 9.38. The van der Waals surface area contributed by atoms with Gasteiger partial charge in [0.25, 0.3) is 0 Å². The number of aliphatic hydroxyl groups excluding tert-OH is 1. The van der Waals surface area contributed by atoms with Gasteiger partial charge >= 0.3 is 6.09 Å². The Hall–Kier alpha value is -2.97. The lowest BCUT2D eigenvalue weighted by Gasteiger charge is -2.43. The van der Waals surface area contributed by atoms with Gasteiger partial charge in [0.15, 0.2) is 11.5 Å². The molecule has 2 aliphatic heterocycles. The maximum absolute atomic E-state index is 13.3. The fourth-order valence-electron chi connectivity index (χ4n) is 4.41. The molecule has 0 bridgehead atoms. The number of fused-ring (bicyclic) bond motifs is 3. The predicted octanol–water partition coefficient (Wildman–Crippen LogP) is 3.84. The SMILES string of the molecule is Cc1c(O)c2c(c3c1OCO3)C(COCc1ccccc1)N(C(=O)OC(C)(C)C)C(CO)C2. The van der Waals surface area contributed by atoms with E-state index in [1.54, 1.807) is 27.7 Å². The number of hydrogen-bond donors (Lipinski definition) is 2. The average Bonchev–Trinajstić information content (AvgIpc) is 3.26. The number of aliphatic hydroxyl groups is 1. The van der Waals surface area contributed by atoms with Crippen LogP contribution in [0.3, 0.4) is 0 Å². The lowest BCUT2D eigenvalue weighted by molar-refractivity contribution is -0.0275. The molecular formula is C25H31NO7. The number of rotatable bonds is 5. The summed E-state index contributed by atoms with van der Waals surface area (Å²) in [4.78, 5) is 14.8. The Morgan fingerprint density at radius 1 is 1.18 bits per heavy atom. The largest absolute Gasteiger partial charge is 0.507 e. The van der Waals surface area contributed by atoms with Gasteiger partial charge in [0.05, 0.1) is 31.9 Å². The summed E-state index contributed by atoms with van der Waals surface area (Å²) in [6.45, 7) is 7.34. The molecule has 2 heterocycles. The number of phenols is 1. The molecule has 2 unspecified atom stereocenters. The highest BCUT2D eigenvalue weighted by atomic mass is 16.7. The molecule has 0 fully saturated rings. The molecule has 33 heavy (non-hydrogen) atoms. The molecule has 1 amide bonds. The summed E-state index contributed by atoms with van der Waals surface area (Å²) in [5.74, 6) is 1.05. The normalized spacial score (nSPS) is 19.4. The molecule has 0 saturated heterocycles. The number of benzene rings is 2. The van der Waals surface area contributed by atoms with Crippen molar-refractivity contribution >= 4 is 6.09 Å². The zero-order chi connectivity index (χ0) is 23.8. The highest BCUT2D eigenvalue weighted by Gasteiger charge is 2.44. The number of carbonyl (C=O) groups excluding carboxylic acids is 1. The Kier molecular flexibility index (Phi) is 6.41. The third kappa shape index (κ3) is 4.58. The van der Waals surface area contributed by atoms with E-state index in [4.69, 9.17) is 18.9 Å². The number of nitrogens with zero attached hydrogens (tertiary/aromatic N) is 1. The number of carbonyl (C=O) groups is 1. The Morgan fingerprint density at radius 2 is 1.88 bits per heavy atom. The van der Waals surface area contributed by atoms with Crippen LogP contribution in [0, 0.1) is 6.92 Å². The van der Waals surface area contributed by atoms with E-state index < -0.39 is 23.8 Å². The van der Waals surface area contributed by atoms with Crippen LogP contribution >= 0.6 is 0 Å². The van der Waals surface area contributed by atoms with Crippen molar-refractivity contribution in [1.29, 1.82) is 0 Å². The number of ether oxygens (including phenoxy) is 4. The van der Waals surface area contributed by atoms with Crippen molar-refractivity contribution in [3.63, 3.8) is 0 Å². The molecule has 2 N–H and O–H groups in total. The molecule has 8 nitrogen and oxygen atoms in total. The van der Waals surface area contributed by atoms with E-state index in [1.165, 1.54) is 4.90 Å². The molecule has 2 atom stereocenters. The van der Waals surface area contributed by atoms with Crippen molar-refractivity contribution in [2.24, 2.45) is 0 Å². The molecule has 0 aromatic heterocycles. The molecule has 0 spiro atoms. The molecular weight excluding hydrogens is 426 g/mol. The number of amides is 1. The standard InChI is InChI=1S/C25H31NO7/c1-15-21(28)18-10-17(11-27)26(24(29)33-25(2,3)4)19(20(18)23-22(15)31-14-32-23)13-30-12-16-8-6-5-7-9-16/h5-9,17,19,27-28H,10-14H2,1-4H3. The molecule has 2 aliphatic rings. The van der Waals surface area contributed by atoms with Crippen LogP contribution in [0.1, 0.15) is 49.1 Å². The predicted molar refractivity (Wildman–Crippen MR) is 120 cm³/mol. The summed E-state index contributed by atoms with van der Waals surface area (Å²) in [6, 6.07) is 8.48. The summed E-state index contributed by atoms with van der Waals surface area (Å²) in [7, 11) is 0. The molecule has 2 aromatic rings. The fraction of sp³-hybridized carbons (Fsp3) is 0.480. The van der Waals surface area contributed by atoms with E-state index in [-0.39, 0.29) is 32.2 Å². The molecule has 0 aliphatic carbocycles. The molecule has 4 rings (SSSR count). The lowest BCUT2D eigenvalue weighted by atomic mass is 9.85. The van der Waals surface area contributed by atoms with Gasteiger partial charge in [-0.2, -0.15) is 0 Å². The summed E-state index contributed by atoms with van der Waals surface area (Å²) in [6.07, 6.45) is -0.308. The fourth-order valence-corrected chi connectivity index (χ4v) is 4.41. The van der Waals surface area contributed by atoms with Gasteiger partial charge < -0.3 is 29.2 Å². The Balaban J connectivity index is 1.75. The second kappa shape index (κ2) is 9.11. The van der Waals surface area contributed by atoms with E-state index >= 15 is 0 Å². The first-order chi connectivity index (χ1) is 15.7. The summed E-state index contributed by atoms with van der Waals surface area (Å²) in [5, 5.41) is 21.1. The minimum Gasteiger partial charge on any atom is -0.507 e. The maximum atomic E-state index is 13.3. The number of phenolic OH excluding ortho intramolecular Hbond substituents is 1. The van der Waals surface area contributed by atoms with Crippen LogP contribution in [0.15, 0.2) is 30.3 Å². The van der Waals surface area contributed by atoms with E-state index in [9.17, 15) is 15.0 Å². The Morgan fingerprint density at radius 3 is 2.55 bits per heavy atom. The van der Waals surface area contributed by atoms with E-state index in [1.807, 2.05) is 30.3 Å². The van der Waals surface area contributed by atoms with Crippen molar-refractivity contribution in [1.82, 2.24) is 4.90 Å². The molecule has 8 heteroatoms. The molecule has 178 valence electrons. The third-order valence-corrected chi connectivity index (χ3v) is 5.87. The highest BCUT2D eigenvalue weighted by molar-refractivity contribution is 5.73. The first kappa shape index (κ1) is 23.2. The zero-order valence-electron chi connectivity index (χ0n) is 19.5. The van der Waals surface area contributed by atoms with Crippen LogP contribution < -0.4 is 9.47 Å².